The normalized spacial score (nSPS) is 18.3. The van der Waals surface area contributed by atoms with Crippen LogP contribution in [0.15, 0.2) is 36.9 Å². The number of methoxy groups -OCH3 is 1. The summed E-state index contributed by atoms with van der Waals surface area (Å²) >= 11 is 0. The summed E-state index contributed by atoms with van der Waals surface area (Å²) in [5.41, 5.74) is 0.0899. The van der Waals surface area contributed by atoms with Gasteiger partial charge in [0.2, 0.25) is 0 Å². The van der Waals surface area contributed by atoms with Crippen LogP contribution in [0.5, 0.6) is 5.75 Å². The molecule has 1 amide bonds. The summed E-state index contributed by atoms with van der Waals surface area (Å²) in [7, 11) is 1.47. The molecular formula is C16H18FN3O2. The van der Waals surface area contributed by atoms with E-state index in [1.54, 1.807) is 23.5 Å². The molecule has 1 aliphatic heterocycles. The highest BCUT2D eigenvalue weighted by molar-refractivity contribution is 5.94. The molecule has 0 N–H and O–H groups in total. The van der Waals surface area contributed by atoms with Crippen LogP contribution in [0.3, 0.4) is 0 Å². The monoisotopic (exact) mass is 303 g/mol. The first-order valence-electron chi connectivity index (χ1n) is 7.29. The summed E-state index contributed by atoms with van der Waals surface area (Å²) in [6, 6.07) is 4.52. The van der Waals surface area contributed by atoms with Gasteiger partial charge in [0.25, 0.3) is 5.91 Å². The number of benzene rings is 1. The van der Waals surface area contributed by atoms with Gasteiger partial charge in [0.05, 0.1) is 25.0 Å². The van der Waals surface area contributed by atoms with Crippen molar-refractivity contribution < 1.29 is 13.9 Å². The van der Waals surface area contributed by atoms with Gasteiger partial charge < -0.3 is 14.2 Å². The van der Waals surface area contributed by atoms with Gasteiger partial charge in [0.1, 0.15) is 11.6 Å². The number of carbonyl (C=O) groups excluding carboxylic acids is 1. The van der Waals surface area contributed by atoms with Gasteiger partial charge in [-0.25, -0.2) is 9.37 Å². The van der Waals surface area contributed by atoms with E-state index in [1.165, 1.54) is 19.2 Å². The maximum Gasteiger partial charge on any atom is 0.256 e. The van der Waals surface area contributed by atoms with Crippen molar-refractivity contribution in [1.82, 2.24) is 14.5 Å². The van der Waals surface area contributed by atoms with E-state index in [9.17, 15) is 9.18 Å². The van der Waals surface area contributed by atoms with E-state index in [2.05, 4.69) is 4.98 Å². The van der Waals surface area contributed by atoms with Crippen molar-refractivity contribution in [2.75, 3.05) is 20.2 Å². The molecular weight excluding hydrogens is 285 g/mol. The van der Waals surface area contributed by atoms with E-state index in [0.717, 1.165) is 12.8 Å². The van der Waals surface area contributed by atoms with Gasteiger partial charge in [0, 0.05) is 31.5 Å². The van der Waals surface area contributed by atoms with Crippen LogP contribution in [0, 0.1) is 5.82 Å². The Morgan fingerprint density at radius 1 is 1.45 bits per heavy atom. The van der Waals surface area contributed by atoms with Gasteiger partial charge in [-0.05, 0) is 25.0 Å². The third kappa shape index (κ3) is 2.81. The summed E-state index contributed by atoms with van der Waals surface area (Å²) in [6.07, 6.45) is 7.26. The molecule has 1 aliphatic rings. The second-order valence-corrected chi connectivity index (χ2v) is 5.40. The minimum absolute atomic E-state index is 0.0899. The van der Waals surface area contributed by atoms with Gasteiger partial charge in [-0.2, -0.15) is 0 Å². The van der Waals surface area contributed by atoms with E-state index in [0.29, 0.717) is 18.8 Å². The molecule has 1 aromatic heterocycles. The molecule has 0 bridgehead atoms. The zero-order valence-corrected chi connectivity index (χ0v) is 12.4. The second kappa shape index (κ2) is 6.17. The maximum atomic E-state index is 14.1. The van der Waals surface area contributed by atoms with E-state index < -0.39 is 5.82 Å². The first-order valence-corrected chi connectivity index (χ1v) is 7.29. The van der Waals surface area contributed by atoms with Crippen LogP contribution in [0.25, 0.3) is 0 Å². The number of halogens is 1. The first-order chi connectivity index (χ1) is 10.7. The first kappa shape index (κ1) is 14.6. The topological polar surface area (TPSA) is 47.4 Å². The maximum absolute atomic E-state index is 14.1. The number of piperidine rings is 1. The standard InChI is InChI=1S/C16H18FN3O2/c1-22-13-4-5-14(15(17)9-13)16(21)19-7-2-3-12(10-19)20-8-6-18-11-20/h4-6,8-9,11-12H,2-3,7,10H2,1H3. The molecule has 0 spiro atoms. The third-order valence-corrected chi connectivity index (χ3v) is 4.04. The Morgan fingerprint density at radius 3 is 3.00 bits per heavy atom. The predicted octanol–water partition coefficient (Wildman–Crippen LogP) is 2.51. The largest absolute Gasteiger partial charge is 0.497 e. The van der Waals surface area contributed by atoms with E-state index in [-0.39, 0.29) is 17.5 Å². The van der Waals surface area contributed by atoms with Crippen molar-refractivity contribution in [1.29, 1.82) is 0 Å². The van der Waals surface area contributed by atoms with Crippen LogP contribution in [0.4, 0.5) is 4.39 Å². The number of imidazole rings is 1. The Morgan fingerprint density at radius 2 is 2.32 bits per heavy atom. The molecule has 0 saturated carbocycles. The van der Waals surface area contributed by atoms with E-state index in [4.69, 9.17) is 4.74 Å². The predicted molar refractivity (Wildman–Crippen MR) is 79.4 cm³/mol. The van der Waals surface area contributed by atoms with Crippen LogP contribution in [-0.2, 0) is 0 Å². The lowest BCUT2D eigenvalue weighted by Crippen LogP contribution is -2.40. The smallest absolute Gasteiger partial charge is 0.256 e. The van der Waals surface area contributed by atoms with Crippen molar-refractivity contribution in [3.63, 3.8) is 0 Å². The van der Waals surface area contributed by atoms with Gasteiger partial charge in [-0.3, -0.25) is 4.79 Å². The lowest BCUT2D eigenvalue weighted by molar-refractivity contribution is 0.0674. The minimum atomic E-state index is -0.547. The fraction of sp³-hybridized carbons (Fsp3) is 0.375. The highest BCUT2D eigenvalue weighted by Gasteiger charge is 2.26. The molecule has 2 aromatic rings. The molecule has 3 rings (SSSR count). The number of amides is 1. The molecule has 1 aromatic carbocycles. The Labute approximate surface area is 128 Å². The van der Waals surface area contributed by atoms with Crippen LogP contribution in [0.2, 0.25) is 0 Å². The average Bonchev–Trinajstić information content (AvgIpc) is 3.09. The number of aromatic nitrogens is 2. The number of hydrogen-bond donors (Lipinski definition) is 0. The summed E-state index contributed by atoms with van der Waals surface area (Å²) < 4.78 is 21.0. The third-order valence-electron chi connectivity index (χ3n) is 4.04. The number of ether oxygens (including phenoxy) is 1. The molecule has 6 heteroatoms. The minimum Gasteiger partial charge on any atom is -0.497 e. The molecule has 1 saturated heterocycles. The number of rotatable bonds is 3. The highest BCUT2D eigenvalue weighted by atomic mass is 19.1. The lowest BCUT2D eigenvalue weighted by atomic mass is 10.0. The van der Waals surface area contributed by atoms with Gasteiger partial charge in [-0.1, -0.05) is 0 Å². The Hall–Kier alpha value is -2.37. The van der Waals surface area contributed by atoms with Gasteiger partial charge >= 0.3 is 0 Å². The van der Waals surface area contributed by atoms with Crippen molar-refractivity contribution in [2.45, 2.75) is 18.9 Å². The fourth-order valence-electron chi connectivity index (χ4n) is 2.83. The molecule has 22 heavy (non-hydrogen) atoms. The van der Waals surface area contributed by atoms with E-state index in [1.807, 2.05) is 10.8 Å². The number of likely N-dealkylation sites (tertiary alicyclic amines) is 1. The molecule has 0 aliphatic carbocycles. The summed E-state index contributed by atoms with van der Waals surface area (Å²) in [6.45, 7) is 1.22. The molecule has 1 atom stereocenters. The number of nitrogens with zero attached hydrogens (tertiary/aromatic N) is 3. The SMILES string of the molecule is COc1ccc(C(=O)N2CCCC(n3ccnc3)C2)c(F)c1. The van der Waals surface area contributed by atoms with Crippen molar-refractivity contribution >= 4 is 5.91 Å². The molecule has 2 heterocycles. The lowest BCUT2D eigenvalue weighted by Gasteiger charge is -2.33. The van der Waals surface area contributed by atoms with Gasteiger partial charge in [-0.15, -0.1) is 0 Å². The summed E-state index contributed by atoms with van der Waals surface area (Å²) in [5, 5.41) is 0. The Kier molecular flexibility index (Phi) is 4.09. The van der Waals surface area contributed by atoms with Crippen LogP contribution >= 0.6 is 0 Å². The number of carbonyl (C=O) groups is 1. The molecule has 1 unspecified atom stereocenters. The van der Waals surface area contributed by atoms with E-state index >= 15 is 0 Å². The summed E-state index contributed by atoms with van der Waals surface area (Å²) in [5.74, 6) is -0.414. The van der Waals surface area contributed by atoms with Crippen molar-refractivity contribution in [3.8, 4) is 5.75 Å². The zero-order valence-electron chi connectivity index (χ0n) is 12.4. The fourth-order valence-corrected chi connectivity index (χ4v) is 2.83. The van der Waals surface area contributed by atoms with Crippen LogP contribution in [0.1, 0.15) is 29.2 Å². The van der Waals surface area contributed by atoms with Crippen molar-refractivity contribution in [3.05, 3.63) is 48.3 Å². The average molecular weight is 303 g/mol. The van der Waals surface area contributed by atoms with Crippen LogP contribution < -0.4 is 4.74 Å². The zero-order chi connectivity index (χ0) is 15.5. The van der Waals surface area contributed by atoms with Crippen LogP contribution in [-0.4, -0.2) is 40.6 Å². The molecule has 0 radical (unpaired) electrons. The quantitative estimate of drug-likeness (QED) is 0.875. The summed E-state index contributed by atoms with van der Waals surface area (Å²) in [4.78, 5) is 18.3. The number of hydrogen-bond acceptors (Lipinski definition) is 3. The van der Waals surface area contributed by atoms with Crippen molar-refractivity contribution in [2.24, 2.45) is 0 Å². The molecule has 116 valence electrons. The highest BCUT2D eigenvalue weighted by Crippen LogP contribution is 2.24. The van der Waals surface area contributed by atoms with Gasteiger partial charge in [0.15, 0.2) is 0 Å². The Bertz CT molecular complexity index is 657. The Balaban J connectivity index is 1.77. The molecule has 1 fully saturated rings. The molecule has 5 nitrogen and oxygen atoms in total. The second-order valence-electron chi connectivity index (χ2n) is 5.40.